The number of carbonyl (C=O) groups excluding carboxylic acids is 1. The molecule has 0 radical (unpaired) electrons. The van der Waals surface area contributed by atoms with E-state index in [1.165, 1.54) is 16.8 Å². The number of fused-ring (bicyclic) bond motifs is 1. The number of aliphatic hydroxyl groups is 1. The molecule has 4 N–H and O–H groups in total. The first-order valence-corrected chi connectivity index (χ1v) is 14.9. The number of halogens is 2. The number of benzene rings is 2. The average molecular weight is 596 g/mol. The van der Waals surface area contributed by atoms with Crippen LogP contribution in [0.2, 0.25) is 0 Å². The Labute approximate surface area is 242 Å². The van der Waals surface area contributed by atoms with Crippen molar-refractivity contribution in [2.75, 3.05) is 17.6 Å². The number of pyridine rings is 1. The lowest BCUT2D eigenvalue weighted by molar-refractivity contribution is -0.118. The minimum Gasteiger partial charge on any atom is -0.395 e. The number of primary amides is 1. The van der Waals surface area contributed by atoms with Crippen LogP contribution in [0.1, 0.15) is 43.1 Å². The quantitative estimate of drug-likeness (QED) is 0.251. The fourth-order valence-corrected chi connectivity index (χ4v) is 5.19. The number of nitrogens with one attached hydrogen (secondary N) is 1. The van der Waals surface area contributed by atoms with Gasteiger partial charge in [0.1, 0.15) is 17.3 Å². The van der Waals surface area contributed by atoms with Gasteiger partial charge in [-0.25, -0.2) is 22.2 Å². The van der Waals surface area contributed by atoms with Crippen LogP contribution in [0.5, 0.6) is 0 Å². The predicted octanol–water partition coefficient (Wildman–Crippen LogP) is 3.86. The summed E-state index contributed by atoms with van der Waals surface area (Å²) in [6.45, 7) is 3.37. The van der Waals surface area contributed by atoms with Crippen LogP contribution in [-0.4, -0.2) is 47.1 Å². The summed E-state index contributed by atoms with van der Waals surface area (Å²) in [4.78, 5) is 17.0. The summed E-state index contributed by atoms with van der Waals surface area (Å²) in [6.07, 6.45) is 0.888. The summed E-state index contributed by atoms with van der Waals surface area (Å²) in [7, 11) is -1.95. The molecule has 4 rings (SSSR count). The second-order valence-corrected chi connectivity index (χ2v) is 12.6. The summed E-state index contributed by atoms with van der Waals surface area (Å²) in [6, 6.07) is 11.9. The van der Waals surface area contributed by atoms with Crippen LogP contribution in [0, 0.1) is 28.9 Å². The number of aliphatic hydroxyl groups excluding tert-OH is 1. The molecule has 1 atom stereocenters. The lowest BCUT2D eigenvalue weighted by atomic mass is 9.87. The van der Waals surface area contributed by atoms with Crippen LogP contribution in [0.3, 0.4) is 0 Å². The van der Waals surface area contributed by atoms with E-state index in [1.54, 1.807) is 51.2 Å². The van der Waals surface area contributed by atoms with Crippen LogP contribution >= 0.6 is 0 Å². The van der Waals surface area contributed by atoms with Gasteiger partial charge >= 0.3 is 0 Å². The van der Waals surface area contributed by atoms with Gasteiger partial charge in [0, 0.05) is 47.4 Å². The maximum absolute atomic E-state index is 14.1. The van der Waals surface area contributed by atoms with E-state index >= 15 is 0 Å². The number of anilines is 1. The number of hydrogen-bond donors (Lipinski definition) is 3. The molecule has 220 valence electrons. The Bertz CT molecular complexity index is 1820. The number of nitrogens with two attached hydrogens (primary N) is 1. The number of para-hydroxylation sites is 1. The molecule has 2 heterocycles. The predicted molar refractivity (Wildman–Crippen MR) is 157 cm³/mol. The molecule has 4 aromatic rings. The van der Waals surface area contributed by atoms with Gasteiger partial charge in [-0.1, -0.05) is 18.1 Å². The Morgan fingerprint density at radius 2 is 1.83 bits per heavy atom. The number of rotatable bonds is 9. The Morgan fingerprint density at radius 1 is 1.14 bits per heavy atom. The highest BCUT2D eigenvalue weighted by Gasteiger charge is 2.25. The van der Waals surface area contributed by atoms with E-state index in [0.29, 0.717) is 39.0 Å². The van der Waals surface area contributed by atoms with Gasteiger partial charge in [-0.2, -0.15) is 5.10 Å². The average Bonchev–Trinajstić information content (AvgIpc) is 3.20. The molecule has 0 aliphatic carbocycles. The maximum Gasteiger partial charge on any atom is 0.231 e. The van der Waals surface area contributed by atoms with E-state index in [0.717, 1.165) is 12.3 Å². The van der Waals surface area contributed by atoms with Crippen LogP contribution in [-0.2, 0) is 28.3 Å². The Hall–Kier alpha value is -4.34. The number of amides is 1. The fourth-order valence-electron chi connectivity index (χ4n) is 4.68. The van der Waals surface area contributed by atoms with Crippen molar-refractivity contribution in [2.24, 2.45) is 18.2 Å². The summed E-state index contributed by atoms with van der Waals surface area (Å²) in [5.41, 5.74) is 7.78. The van der Waals surface area contributed by atoms with Crippen molar-refractivity contribution in [1.82, 2.24) is 14.8 Å². The number of carbonyl (C=O) groups is 1. The van der Waals surface area contributed by atoms with Crippen LogP contribution < -0.4 is 10.5 Å². The highest BCUT2D eigenvalue weighted by atomic mass is 32.2. The van der Waals surface area contributed by atoms with Crippen molar-refractivity contribution in [1.29, 1.82) is 0 Å². The Morgan fingerprint density at radius 3 is 2.45 bits per heavy atom. The summed E-state index contributed by atoms with van der Waals surface area (Å²) in [5, 5.41) is 14.5. The van der Waals surface area contributed by atoms with Crippen molar-refractivity contribution in [3.05, 3.63) is 77.1 Å². The second-order valence-electron chi connectivity index (χ2n) is 10.8. The van der Waals surface area contributed by atoms with Crippen molar-refractivity contribution in [3.8, 4) is 23.0 Å². The van der Waals surface area contributed by atoms with Gasteiger partial charge in [-0.3, -0.25) is 14.2 Å². The molecule has 0 aliphatic rings. The third-order valence-electron chi connectivity index (χ3n) is 6.52. The number of aryl methyl sites for hydroxylation is 1. The molecule has 0 saturated carbocycles. The van der Waals surface area contributed by atoms with Gasteiger partial charge in [0.2, 0.25) is 15.9 Å². The summed E-state index contributed by atoms with van der Waals surface area (Å²) < 4.78 is 56.1. The first-order chi connectivity index (χ1) is 19.7. The SMILES string of the molecule is Cn1nc(NS(C)(=O)=O)c2cccc(-c3ccc(C#CC(C)(C)CO)nc3[C@H](CC(N)=O)Cc3cc(F)cc(F)c3)c21. The maximum atomic E-state index is 14.1. The molecule has 0 fully saturated rings. The van der Waals surface area contributed by atoms with E-state index in [9.17, 15) is 27.1 Å². The van der Waals surface area contributed by atoms with Gasteiger partial charge < -0.3 is 10.8 Å². The van der Waals surface area contributed by atoms with Gasteiger partial charge in [0.05, 0.1) is 24.1 Å². The Balaban J connectivity index is 1.97. The molecule has 0 unspecified atom stereocenters. The monoisotopic (exact) mass is 595 g/mol. The molecule has 0 aliphatic heterocycles. The third kappa shape index (κ3) is 7.29. The normalized spacial score (nSPS) is 12.5. The first kappa shape index (κ1) is 30.6. The third-order valence-corrected chi connectivity index (χ3v) is 7.09. The standard InChI is InChI=1S/C30H31F2N5O4S/c1-30(2,17-38)11-10-22-8-9-23(24-6-5-7-25-28(24)37(3)35-29(25)36-42(4,40)41)27(34-22)19(15-26(33)39)12-18-13-20(31)16-21(32)14-18/h5-9,13-14,16,19,38H,12,15,17H2,1-4H3,(H2,33,39)(H,35,36)/t19-/m0/s1. The lowest BCUT2D eigenvalue weighted by Gasteiger charge is -2.20. The zero-order valence-electron chi connectivity index (χ0n) is 23.6. The molecule has 0 bridgehead atoms. The van der Waals surface area contributed by atoms with Gasteiger partial charge in [-0.15, -0.1) is 0 Å². The number of aromatic nitrogens is 3. The molecule has 0 saturated heterocycles. The van der Waals surface area contributed by atoms with Crippen molar-refractivity contribution >= 4 is 32.7 Å². The molecule has 2 aromatic heterocycles. The van der Waals surface area contributed by atoms with Gasteiger partial charge in [-0.05, 0) is 62.1 Å². The van der Waals surface area contributed by atoms with Gasteiger partial charge in [0.15, 0.2) is 5.82 Å². The van der Waals surface area contributed by atoms with E-state index < -0.39 is 38.9 Å². The van der Waals surface area contributed by atoms with Crippen LogP contribution in [0.25, 0.3) is 22.0 Å². The fraction of sp³-hybridized carbons (Fsp3) is 0.300. The molecule has 1 amide bonds. The van der Waals surface area contributed by atoms with Crippen LogP contribution in [0.15, 0.2) is 48.5 Å². The first-order valence-electron chi connectivity index (χ1n) is 13.0. The van der Waals surface area contributed by atoms with Crippen LogP contribution in [0.4, 0.5) is 14.6 Å². The van der Waals surface area contributed by atoms with E-state index in [4.69, 9.17) is 10.7 Å². The zero-order chi connectivity index (χ0) is 30.8. The number of hydrogen-bond acceptors (Lipinski definition) is 6. The molecule has 0 spiro atoms. The second kappa shape index (κ2) is 11.9. The Kier molecular flexibility index (Phi) is 8.65. The zero-order valence-corrected chi connectivity index (χ0v) is 24.4. The van der Waals surface area contributed by atoms with Crippen molar-refractivity contribution < 1.29 is 27.1 Å². The molecule has 12 heteroatoms. The number of nitrogens with zero attached hydrogens (tertiary/aromatic N) is 3. The molecular formula is C30H31F2N5O4S. The molecule has 9 nitrogen and oxygen atoms in total. The van der Waals surface area contributed by atoms with E-state index in [2.05, 4.69) is 21.7 Å². The largest absolute Gasteiger partial charge is 0.395 e. The smallest absolute Gasteiger partial charge is 0.231 e. The van der Waals surface area contributed by atoms with Gasteiger partial charge in [0.25, 0.3) is 0 Å². The minimum atomic E-state index is -3.62. The summed E-state index contributed by atoms with van der Waals surface area (Å²) in [5.74, 6) is 3.24. The molecule has 42 heavy (non-hydrogen) atoms. The lowest BCUT2D eigenvalue weighted by Crippen LogP contribution is -2.19. The van der Waals surface area contributed by atoms with E-state index in [1.807, 2.05) is 0 Å². The highest BCUT2D eigenvalue weighted by Crippen LogP contribution is 2.38. The van der Waals surface area contributed by atoms with Crippen molar-refractivity contribution in [3.63, 3.8) is 0 Å². The molecule has 2 aromatic carbocycles. The van der Waals surface area contributed by atoms with E-state index in [-0.39, 0.29) is 25.3 Å². The molecular weight excluding hydrogens is 564 g/mol. The van der Waals surface area contributed by atoms with Crippen molar-refractivity contribution in [2.45, 2.75) is 32.6 Å². The number of sulfonamides is 1. The summed E-state index contributed by atoms with van der Waals surface area (Å²) >= 11 is 0. The minimum absolute atomic E-state index is 0.0406. The topological polar surface area (TPSA) is 140 Å². The highest BCUT2D eigenvalue weighted by molar-refractivity contribution is 7.92.